The smallest absolute Gasteiger partial charge is 0.220 e. The largest absolute Gasteiger partial charge is 0.381 e. The van der Waals surface area contributed by atoms with Gasteiger partial charge in [-0.2, -0.15) is 0 Å². The van der Waals surface area contributed by atoms with Gasteiger partial charge in [0.15, 0.2) is 0 Å². The van der Waals surface area contributed by atoms with Gasteiger partial charge >= 0.3 is 0 Å². The van der Waals surface area contributed by atoms with E-state index in [1.807, 2.05) is 25.1 Å². The number of hydrogen-bond acceptors (Lipinski definition) is 3. The van der Waals surface area contributed by atoms with Crippen molar-refractivity contribution >= 4 is 5.91 Å². The maximum atomic E-state index is 11.4. The summed E-state index contributed by atoms with van der Waals surface area (Å²) in [5.41, 5.74) is 6.89. The molecule has 1 aromatic carbocycles. The van der Waals surface area contributed by atoms with Crippen LogP contribution in [0.3, 0.4) is 0 Å². The molecule has 0 bridgehead atoms. The van der Waals surface area contributed by atoms with Crippen molar-refractivity contribution in [2.75, 3.05) is 19.8 Å². The highest BCUT2D eigenvalue weighted by molar-refractivity contribution is 5.75. The zero-order valence-electron chi connectivity index (χ0n) is 12.3. The fourth-order valence-electron chi connectivity index (χ4n) is 1.79. The lowest BCUT2D eigenvalue weighted by Gasteiger charge is -2.07. The minimum absolute atomic E-state index is 0.0755. The van der Waals surface area contributed by atoms with Crippen LogP contribution in [0.25, 0.3) is 0 Å². The number of carbonyl (C=O) groups excluding carboxylic acids is 1. The van der Waals surface area contributed by atoms with Crippen LogP contribution < -0.4 is 11.1 Å². The second-order valence-electron chi connectivity index (χ2n) is 5.07. The number of nitrogens with two attached hydrogens (primary N) is 1. The Morgan fingerprint density at radius 3 is 2.75 bits per heavy atom. The first kappa shape index (κ1) is 16.7. The zero-order chi connectivity index (χ0) is 14.6. The molecule has 1 rings (SSSR count). The lowest BCUT2D eigenvalue weighted by atomic mass is 10.2. The summed E-state index contributed by atoms with van der Waals surface area (Å²) < 4.78 is 5.55. The van der Waals surface area contributed by atoms with Gasteiger partial charge in [0, 0.05) is 25.6 Å². The predicted octanol–water partition coefficient (Wildman–Crippen LogP) is 1.88. The second-order valence-corrected chi connectivity index (χ2v) is 5.07. The van der Waals surface area contributed by atoms with Crippen molar-refractivity contribution in [3.63, 3.8) is 0 Å². The normalized spacial score (nSPS) is 12.1. The highest BCUT2D eigenvalue weighted by Crippen LogP contribution is 1.99. The summed E-state index contributed by atoms with van der Waals surface area (Å²) in [6, 6.07) is 10.4. The SMILES string of the molecule is CC(N)CCC(=O)NCCCOCCc1ccccc1. The Balaban J connectivity index is 1.91. The van der Waals surface area contributed by atoms with E-state index in [9.17, 15) is 4.79 Å². The third-order valence-electron chi connectivity index (χ3n) is 2.99. The van der Waals surface area contributed by atoms with Crippen LogP contribution in [0.1, 0.15) is 31.7 Å². The van der Waals surface area contributed by atoms with Crippen molar-refractivity contribution in [2.45, 2.75) is 38.6 Å². The van der Waals surface area contributed by atoms with E-state index in [-0.39, 0.29) is 11.9 Å². The van der Waals surface area contributed by atoms with Crippen molar-refractivity contribution in [1.29, 1.82) is 0 Å². The summed E-state index contributed by atoms with van der Waals surface area (Å²) in [4.78, 5) is 11.4. The van der Waals surface area contributed by atoms with Crippen molar-refractivity contribution in [3.8, 4) is 0 Å². The van der Waals surface area contributed by atoms with Crippen LogP contribution in [0.4, 0.5) is 0 Å². The van der Waals surface area contributed by atoms with Gasteiger partial charge in [-0.25, -0.2) is 0 Å². The van der Waals surface area contributed by atoms with E-state index < -0.39 is 0 Å². The van der Waals surface area contributed by atoms with E-state index in [0.717, 1.165) is 25.9 Å². The number of rotatable bonds is 10. The molecule has 4 heteroatoms. The van der Waals surface area contributed by atoms with E-state index >= 15 is 0 Å². The number of amides is 1. The quantitative estimate of drug-likeness (QED) is 0.642. The Kier molecular flexibility index (Phi) is 8.67. The molecular weight excluding hydrogens is 252 g/mol. The molecule has 4 nitrogen and oxygen atoms in total. The number of nitrogens with one attached hydrogen (secondary N) is 1. The first-order chi connectivity index (χ1) is 9.68. The summed E-state index contributed by atoms with van der Waals surface area (Å²) in [6.07, 6.45) is 3.02. The Bertz CT molecular complexity index is 366. The van der Waals surface area contributed by atoms with Crippen LogP contribution in [0.2, 0.25) is 0 Å². The molecule has 112 valence electrons. The van der Waals surface area contributed by atoms with Crippen LogP contribution in [-0.4, -0.2) is 31.7 Å². The fraction of sp³-hybridized carbons (Fsp3) is 0.562. The Morgan fingerprint density at radius 1 is 1.30 bits per heavy atom. The highest BCUT2D eigenvalue weighted by Gasteiger charge is 2.02. The third kappa shape index (κ3) is 8.67. The van der Waals surface area contributed by atoms with Gasteiger partial charge in [0.2, 0.25) is 5.91 Å². The minimum atomic E-state index is 0.0755. The van der Waals surface area contributed by atoms with Gasteiger partial charge in [0.25, 0.3) is 0 Å². The van der Waals surface area contributed by atoms with Gasteiger partial charge in [0.1, 0.15) is 0 Å². The summed E-state index contributed by atoms with van der Waals surface area (Å²) >= 11 is 0. The average molecular weight is 278 g/mol. The number of benzene rings is 1. The van der Waals surface area contributed by atoms with Crippen LogP contribution in [0.5, 0.6) is 0 Å². The van der Waals surface area contributed by atoms with Gasteiger partial charge in [-0.15, -0.1) is 0 Å². The molecule has 20 heavy (non-hydrogen) atoms. The predicted molar refractivity (Wildman–Crippen MR) is 81.5 cm³/mol. The maximum absolute atomic E-state index is 11.4. The number of carbonyl (C=O) groups is 1. The Labute approximate surface area is 121 Å². The maximum Gasteiger partial charge on any atom is 0.220 e. The van der Waals surface area contributed by atoms with Crippen molar-refractivity contribution in [2.24, 2.45) is 5.73 Å². The minimum Gasteiger partial charge on any atom is -0.381 e. The molecular formula is C16H26N2O2. The van der Waals surface area contributed by atoms with Crippen LogP contribution >= 0.6 is 0 Å². The van der Waals surface area contributed by atoms with Crippen LogP contribution in [-0.2, 0) is 16.0 Å². The summed E-state index contributed by atoms with van der Waals surface area (Å²) in [5, 5.41) is 2.87. The molecule has 0 aliphatic carbocycles. The first-order valence-corrected chi connectivity index (χ1v) is 7.32. The molecule has 0 aromatic heterocycles. The van der Waals surface area contributed by atoms with Gasteiger partial charge in [-0.05, 0) is 31.7 Å². The molecule has 0 heterocycles. The molecule has 0 fully saturated rings. The molecule has 3 N–H and O–H groups in total. The standard InChI is InChI=1S/C16H26N2O2/c1-14(17)8-9-16(19)18-11-5-12-20-13-10-15-6-3-2-4-7-15/h2-4,6-7,14H,5,8-13,17H2,1H3,(H,18,19). The van der Waals surface area contributed by atoms with Crippen LogP contribution in [0.15, 0.2) is 30.3 Å². The zero-order valence-corrected chi connectivity index (χ0v) is 12.3. The summed E-state index contributed by atoms with van der Waals surface area (Å²) in [5.74, 6) is 0.0755. The van der Waals surface area contributed by atoms with E-state index in [4.69, 9.17) is 10.5 Å². The van der Waals surface area contributed by atoms with Crippen molar-refractivity contribution in [3.05, 3.63) is 35.9 Å². The van der Waals surface area contributed by atoms with E-state index in [1.54, 1.807) is 0 Å². The van der Waals surface area contributed by atoms with E-state index in [2.05, 4.69) is 17.4 Å². The van der Waals surface area contributed by atoms with Gasteiger partial charge < -0.3 is 15.8 Å². The van der Waals surface area contributed by atoms with Crippen molar-refractivity contribution < 1.29 is 9.53 Å². The monoisotopic (exact) mass is 278 g/mol. The molecule has 0 saturated heterocycles. The average Bonchev–Trinajstić information content (AvgIpc) is 2.45. The van der Waals surface area contributed by atoms with Gasteiger partial charge in [-0.3, -0.25) is 4.79 Å². The second kappa shape index (κ2) is 10.4. The highest BCUT2D eigenvalue weighted by atomic mass is 16.5. The molecule has 0 spiro atoms. The van der Waals surface area contributed by atoms with Gasteiger partial charge in [-0.1, -0.05) is 30.3 Å². The topological polar surface area (TPSA) is 64.4 Å². The third-order valence-corrected chi connectivity index (χ3v) is 2.99. The number of ether oxygens (including phenoxy) is 1. The summed E-state index contributed by atoms with van der Waals surface area (Å²) in [7, 11) is 0. The Hall–Kier alpha value is -1.39. The molecule has 1 aromatic rings. The first-order valence-electron chi connectivity index (χ1n) is 7.32. The molecule has 1 amide bonds. The molecule has 0 aliphatic heterocycles. The molecule has 0 saturated carbocycles. The number of hydrogen-bond donors (Lipinski definition) is 2. The van der Waals surface area contributed by atoms with Crippen molar-refractivity contribution in [1.82, 2.24) is 5.32 Å². The van der Waals surface area contributed by atoms with Gasteiger partial charge in [0.05, 0.1) is 6.61 Å². The molecule has 0 radical (unpaired) electrons. The fourth-order valence-corrected chi connectivity index (χ4v) is 1.79. The van der Waals surface area contributed by atoms with E-state index in [0.29, 0.717) is 19.6 Å². The molecule has 1 atom stereocenters. The van der Waals surface area contributed by atoms with E-state index in [1.165, 1.54) is 5.56 Å². The molecule has 0 aliphatic rings. The molecule has 1 unspecified atom stereocenters. The van der Waals surface area contributed by atoms with Crippen LogP contribution in [0, 0.1) is 0 Å². The lowest BCUT2D eigenvalue weighted by molar-refractivity contribution is -0.121. The Morgan fingerprint density at radius 2 is 2.05 bits per heavy atom. The summed E-state index contributed by atoms with van der Waals surface area (Å²) in [6.45, 7) is 3.99. The lowest BCUT2D eigenvalue weighted by Crippen LogP contribution is -2.27.